The monoisotopic (exact) mass is 246 g/mol. The highest BCUT2D eigenvalue weighted by molar-refractivity contribution is 5.57. The summed E-state index contributed by atoms with van der Waals surface area (Å²) < 4.78 is 31.3. The zero-order valence-electron chi connectivity index (χ0n) is 9.15. The van der Waals surface area contributed by atoms with E-state index in [0.717, 1.165) is 12.1 Å². The number of nitrogens with zero attached hydrogens (tertiary/aromatic N) is 1. The van der Waals surface area contributed by atoms with Crippen LogP contribution in [0.1, 0.15) is 5.56 Å². The molecule has 2 rings (SSSR count). The maximum atomic E-state index is 13.4. The number of nitrogen functional groups attached to an aromatic ring is 1. The topological polar surface area (TPSA) is 59.0 Å². The molecule has 2 aromatic rings. The Labute approximate surface area is 102 Å². The van der Waals surface area contributed by atoms with Crippen LogP contribution in [0.3, 0.4) is 0 Å². The summed E-state index contributed by atoms with van der Waals surface area (Å²) in [4.78, 5) is 0. The molecule has 0 atom stereocenters. The van der Waals surface area contributed by atoms with Crippen molar-refractivity contribution in [2.75, 3.05) is 5.73 Å². The molecule has 0 heterocycles. The van der Waals surface area contributed by atoms with Crippen LogP contribution in [-0.2, 0) is 0 Å². The molecule has 5 heteroatoms. The van der Waals surface area contributed by atoms with Crippen molar-refractivity contribution in [2.45, 2.75) is 0 Å². The van der Waals surface area contributed by atoms with Gasteiger partial charge in [-0.25, -0.2) is 8.78 Å². The summed E-state index contributed by atoms with van der Waals surface area (Å²) in [5, 5.41) is 8.67. The van der Waals surface area contributed by atoms with E-state index in [1.807, 2.05) is 6.07 Å². The van der Waals surface area contributed by atoms with Gasteiger partial charge < -0.3 is 10.5 Å². The lowest BCUT2D eigenvalue weighted by atomic mass is 10.2. The van der Waals surface area contributed by atoms with Crippen LogP contribution in [0.25, 0.3) is 0 Å². The Morgan fingerprint density at radius 1 is 1.06 bits per heavy atom. The van der Waals surface area contributed by atoms with Gasteiger partial charge in [0.15, 0.2) is 17.3 Å². The van der Waals surface area contributed by atoms with E-state index in [1.54, 1.807) is 0 Å². The van der Waals surface area contributed by atoms with Crippen LogP contribution >= 0.6 is 0 Å². The number of nitriles is 1. The van der Waals surface area contributed by atoms with Crippen LogP contribution in [0.2, 0.25) is 0 Å². The van der Waals surface area contributed by atoms with Crippen LogP contribution in [0.5, 0.6) is 11.5 Å². The van der Waals surface area contributed by atoms with Gasteiger partial charge in [0.1, 0.15) is 5.82 Å². The van der Waals surface area contributed by atoms with E-state index in [-0.39, 0.29) is 17.2 Å². The third-order valence-corrected chi connectivity index (χ3v) is 2.25. The van der Waals surface area contributed by atoms with E-state index in [9.17, 15) is 8.78 Å². The highest BCUT2D eigenvalue weighted by Gasteiger charge is 2.08. The maximum absolute atomic E-state index is 13.4. The van der Waals surface area contributed by atoms with Gasteiger partial charge in [0.05, 0.1) is 17.3 Å². The molecule has 0 saturated heterocycles. The number of hydrogen-bond acceptors (Lipinski definition) is 3. The first-order valence-corrected chi connectivity index (χ1v) is 5.02. The Bertz CT molecular complexity index is 635. The second kappa shape index (κ2) is 4.72. The second-order valence-electron chi connectivity index (χ2n) is 3.54. The van der Waals surface area contributed by atoms with Gasteiger partial charge in [-0.2, -0.15) is 5.26 Å². The fraction of sp³-hybridized carbons (Fsp3) is 0. The van der Waals surface area contributed by atoms with Gasteiger partial charge in [0.25, 0.3) is 0 Å². The van der Waals surface area contributed by atoms with Crippen LogP contribution in [0.15, 0.2) is 36.4 Å². The van der Waals surface area contributed by atoms with Gasteiger partial charge >= 0.3 is 0 Å². The molecule has 2 N–H and O–H groups in total. The van der Waals surface area contributed by atoms with Crippen molar-refractivity contribution in [1.82, 2.24) is 0 Å². The van der Waals surface area contributed by atoms with Crippen molar-refractivity contribution >= 4 is 5.69 Å². The molecular weight excluding hydrogens is 238 g/mol. The van der Waals surface area contributed by atoms with Gasteiger partial charge in [-0.15, -0.1) is 0 Å². The van der Waals surface area contributed by atoms with Gasteiger partial charge in [0, 0.05) is 6.07 Å². The summed E-state index contributed by atoms with van der Waals surface area (Å²) in [6.07, 6.45) is 0. The molecule has 0 spiro atoms. The first kappa shape index (κ1) is 11.9. The molecule has 3 nitrogen and oxygen atoms in total. The third kappa shape index (κ3) is 2.38. The van der Waals surface area contributed by atoms with E-state index in [1.165, 1.54) is 24.3 Å². The molecule has 0 aliphatic carbocycles. The highest BCUT2D eigenvalue weighted by Crippen LogP contribution is 2.29. The van der Waals surface area contributed by atoms with E-state index in [4.69, 9.17) is 15.7 Å². The predicted molar refractivity (Wildman–Crippen MR) is 62.0 cm³/mol. The fourth-order valence-electron chi connectivity index (χ4n) is 1.39. The minimum Gasteiger partial charge on any atom is -0.452 e. The van der Waals surface area contributed by atoms with Crippen molar-refractivity contribution < 1.29 is 13.5 Å². The van der Waals surface area contributed by atoms with Crippen molar-refractivity contribution in [3.8, 4) is 17.6 Å². The predicted octanol–water partition coefficient (Wildman–Crippen LogP) is 3.21. The van der Waals surface area contributed by atoms with Gasteiger partial charge in [-0.1, -0.05) is 0 Å². The van der Waals surface area contributed by atoms with Crippen LogP contribution < -0.4 is 10.5 Å². The van der Waals surface area contributed by atoms with Crippen molar-refractivity contribution in [3.05, 3.63) is 53.6 Å². The Hall–Kier alpha value is -2.61. The summed E-state index contributed by atoms with van der Waals surface area (Å²) in [5.74, 6) is -1.43. The maximum Gasteiger partial charge on any atom is 0.168 e. The lowest BCUT2D eigenvalue weighted by Gasteiger charge is -2.09. The first-order chi connectivity index (χ1) is 8.60. The highest BCUT2D eigenvalue weighted by atomic mass is 19.1. The number of hydrogen-bond donors (Lipinski definition) is 1. The zero-order chi connectivity index (χ0) is 13.1. The molecule has 0 radical (unpaired) electrons. The smallest absolute Gasteiger partial charge is 0.168 e. The molecule has 0 amide bonds. The molecular formula is C13H8F2N2O. The largest absolute Gasteiger partial charge is 0.452 e. The molecule has 0 aromatic heterocycles. The number of anilines is 1. The normalized spacial score (nSPS) is 9.83. The lowest BCUT2D eigenvalue weighted by molar-refractivity contribution is 0.439. The molecule has 0 aliphatic heterocycles. The third-order valence-electron chi connectivity index (χ3n) is 2.25. The van der Waals surface area contributed by atoms with E-state index in [0.29, 0.717) is 5.56 Å². The SMILES string of the molecule is N#Cc1ccc(Oc2ccc(F)cc2F)c(N)c1. The van der Waals surface area contributed by atoms with E-state index in [2.05, 4.69) is 0 Å². The molecule has 2 aromatic carbocycles. The molecule has 0 fully saturated rings. The zero-order valence-corrected chi connectivity index (χ0v) is 9.15. The standard InChI is InChI=1S/C13H8F2N2O/c14-9-2-4-12(10(15)6-9)18-13-3-1-8(7-16)5-11(13)17/h1-6H,17H2. The van der Waals surface area contributed by atoms with Crippen molar-refractivity contribution in [2.24, 2.45) is 0 Å². The summed E-state index contributed by atoms with van der Waals surface area (Å²) in [6, 6.07) is 9.25. The molecule has 0 unspecified atom stereocenters. The Kier molecular flexibility index (Phi) is 3.11. The Morgan fingerprint density at radius 2 is 1.78 bits per heavy atom. The van der Waals surface area contributed by atoms with Crippen LogP contribution in [0.4, 0.5) is 14.5 Å². The number of benzene rings is 2. The van der Waals surface area contributed by atoms with Crippen LogP contribution in [0, 0.1) is 23.0 Å². The number of nitrogens with two attached hydrogens (primary N) is 1. The van der Waals surface area contributed by atoms with Crippen molar-refractivity contribution in [3.63, 3.8) is 0 Å². The molecule has 0 aliphatic rings. The minimum atomic E-state index is -0.821. The molecule has 0 bridgehead atoms. The summed E-state index contributed by atoms with van der Waals surface area (Å²) in [5.41, 5.74) is 6.23. The summed E-state index contributed by atoms with van der Waals surface area (Å²) in [7, 11) is 0. The van der Waals surface area contributed by atoms with Gasteiger partial charge in [-0.05, 0) is 30.3 Å². The number of ether oxygens (including phenoxy) is 1. The van der Waals surface area contributed by atoms with Gasteiger partial charge in [0.2, 0.25) is 0 Å². The molecule has 0 saturated carbocycles. The quantitative estimate of drug-likeness (QED) is 0.827. The van der Waals surface area contributed by atoms with Crippen LogP contribution in [-0.4, -0.2) is 0 Å². The average molecular weight is 246 g/mol. The second-order valence-corrected chi connectivity index (χ2v) is 3.54. The summed E-state index contributed by atoms with van der Waals surface area (Å²) in [6.45, 7) is 0. The lowest BCUT2D eigenvalue weighted by Crippen LogP contribution is -1.95. The molecule has 18 heavy (non-hydrogen) atoms. The Morgan fingerprint density at radius 3 is 2.39 bits per heavy atom. The first-order valence-electron chi connectivity index (χ1n) is 5.02. The van der Waals surface area contributed by atoms with E-state index < -0.39 is 11.6 Å². The van der Waals surface area contributed by atoms with Gasteiger partial charge in [-0.3, -0.25) is 0 Å². The molecule has 90 valence electrons. The average Bonchev–Trinajstić information content (AvgIpc) is 2.34. The number of halogens is 2. The summed E-state index contributed by atoms with van der Waals surface area (Å²) >= 11 is 0. The fourth-order valence-corrected chi connectivity index (χ4v) is 1.39. The minimum absolute atomic E-state index is 0.132. The van der Waals surface area contributed by atoms with Crippen molar-refractivity contribution in [1.29, 1.82) is 5.26 Å². The Balaban J connectivity index is 2.32. The number of rotatable bonds is 2. The van der Waals surface area contributed by atoms with E-state index >= 15 is 0 Å².